The lowest BCUT2D eigenvalue weighted by Gasteiger charge is -2.39. The Morgan fingerprint density at radius 1 is 1.44 bits per heavy atom. The fraction of sp³-hybridized carbons (Fsp3) is 0.692. The van der Waals surface area contributed by atoms with Gasteiger partial charge in [0.25, 0.3) is 0 Å². The third-order valence-electron chi connectivity index (χ3n) is 3.72. The zero-order chi connectivity index (χ0) is 11.4. The molecule has 90 valence electrons. The van der Waals surface area contributed by atoms with Gasteiger partial charge >= 0.3 is 0 Å². The third-order valence-corrected chi connectivity index (χ3v) is 4.45. The molecule has 1 saturated carbocycles. The first-order valence-electron chi connectivity index (χ1n) is 6.01. The van der Waals surface area contributed by atoms with E-state index in [1.54, 1.807) is 18.4 Å². The van der Waals surface area contributed by atoms with Crippen LogP contribution in [0.5, 0.6) is 0 Å². The van der Waals surface area contributed by atoms with E-state index in [9.17, 15) is 5.11 Å². The second-order valence-corrected chi connectivity index (χ2v) is 5.46. The molecule has 2 nitrogen and oxygen atoms in total. The average Bonchev–Trinajstić information content (AvgIpc) is 2.82. The normalized spacial score (nSPS) is 21.9. The first-order valence-corrected chi connectivity index (χ1v) is 6.95. The summed E-state index contributed by atoms with van der Waals surface area (Å²) in [5, 5.41) is 14.5. The maximum Gasteiger partial charge on any atom is 0.0939 e. The van der Waals surface area contributed by atoms with Gasteiger partial charge in [-0.3, -0.25) is 0 Å². The Hall–Kier alpha value is -0.380. The van der Waals surface area contributed by atoms with E-state index in [0.29, 0.717) is 0 Å². The molecule has 0 aliphatic heterocycles. The van der Waals surface area contributed by atoms with Crippen LogP contribution in [-0.2, 0) is 11.2 Å². The van der Waals surface area contributed by atoms with E-state index in [1.807, 2.05) is 0 Å². The van der Waals surface area contributed by atoms with Gasteiger partial charge in [-0.05, 0) is 35.2 Å². The van der Waals surface area contributed by atoms with Gasteiger partial charge in [-0.2, -0.15) is 11.3 Å². The van der Waals surface area contributed by atoms with Crippen molar-refractivity contribution in [1.29, 1.82) is 0 Å². The first kappa shape index (κ1) is 12.1. The Morgan fingerprint density at radius 2 is 2.19 bits per heavy atom. The van der Waals surface area contributed by atoms with Crippen LogP contribution in [0.2, 0.25) is 0 Å². The van der Waals surface area contributed by atoms with Gasteiger partial charge in [0, 0.05) is 13.5 Å². The molecule has 1 aromatic heterocycles. The van der Waals surface area contributed by atoms with Gasteiger partial charge in [-0.25, -0.2) is 0 Å². The van der Waals surface area contributed by atoms with Crippen LogP contribution in [0.3, 0.4) is 0 Å². The molecule has 1 fully saturated rings. The molecule has 3 heteroatoms. The largest absolute Gasteiger partial charge is 0.390 e. The van der Waals surface area contributed by atoms with Crippen molar-refractivity contribution in [3.8, 4) is 0 Å². The number of methoxy groups -OCH3 is 1. The second-order valence-electron chi connectivity index (χ2n) is 4.68. The summed E-state index contributed by atoms with van der Waals surface area (Å²) in [6, 6.07) is 2.08. The molecule has 0 amide bonds. The molecule has 1 aromatic rings. The van der Waals surface area contributed by atoms with Crippen LogP contribution in [-0.4, -0.2) is 23.9 Å². The number of ether oxygens (including phenoxy) is 1. The van der Waals surface area contributed by atoms with E-state index < -0.39 is 0 Å². The lowest BCUT2D eigenvalue weighted by atomic mass is 9.79. The van der Waals surface area contributed by atoms with Crippen molar-refractivity contribution in [2.24, 2.45) is 0 Å². The van der Waals surface area contributed by atoms with Gasteiger partial charge in [-0.15, -0.1) is 0 Å². The molecule has 1 aliphatic carbocycles. The zero-order valence-corrected chi connectivity index (χ0v) is 10.6. The van der Waals surface area contributed by atoms with E-state index in [4.69, 9.17) is 4.74 Å². The number of hydrogen-bond acceptors (Lipinski definition) is 3. The van der Waals surface area contributed by atoms with Crippen LogP contribution in [0.4, 0.5) is 0 Å². The minimum Gasteiger partial charge on any atom is -0.390 e. The average molecular weight is 240 g/mol. The number of hydrogen-bond donors (Lipinski definition) is 1. The van der Waals surface area contributed by atoms with Crippen LogP contribution >= 0.6 is 11.3 Å². The van der Waals surface area contributed by atoms with Crippen molar-refractivity contribution >= 4 is 11.3 Å². The number of thiophene rings is 1. The van der Waals surface area contributed by atoms with E-state index in [2.05, 4.69) is 16.8 Å². The van der Waals surface area contributed by atoms with Crippen LogP contribution in [0.15, 0.2) is 16.8 Å². The maximum atomic E-state index is 10.4. The van der Waals surface area contributed by atoms with E-state index >= 15 is 0 Å². The Bertz CT molecular complexity index is 302. The van der Waals surface area contributed by atoms with Crippen molar-refractivity contribution in [3.05, 3.63) is 22.4 Å². The van der Waals surface area contributed by atoms with Crippen LogP contribution in [0.1, 0.15) is 37.7 Å². The topological polar surface area (TPSA) is 29.5 Å². The number of rotatable bonds is 4. The molecular weight excluding hydrogens is 220 g/mol. The van der Waals surface area contributed by atoms with E-state index in [1.165, 1.54) is 24.8 Å². The molecule has 0 bridgehead atoms. The quantitative estimate of drug-likeness (QED) is 0.876. The summed E-state index contributed by atoms with van der Waals surface area (Å²) in [7, 11) is 1.74. The second kappa shape index (κ2) is 5.30. The highest BCUT2D eigenvalue weighted by molar-refractivity contribution is 7.07. The standard InChI is InChI=1S/C13H20O2S/c1-15-13(6-3-2-4-7-13)12(14)9-11-5-8-16-10-11/h5,8,10,12,14H,2-4,6-7,9H2,1H3. The minimum absolute atomic E-state index is 0.291. The molecule has 1 N–H and O–H groups in total. The van der Waals surface area contributed by atoms with Crippen molar-refractivity contribution < 1.29 is 9.84 Å². The third kappa shape index (κ3) is 2.47. The number of aliphatic hydroxyl groups excluding tert-OH is 1. The van der Waals surface area contributed by atoms with Crippen molar-refractivity contribution in [2.75, 3.05) is 7.11 Å². The SMILES string of the molecule is COC1(C(O)Cc2ccsc2)CCCCC1. The van der Waals surface area contributed by atoms with Gasteiger partial charge in [0.1, 0.15) is 0 Å². The Balaban J connectivity index is 2.02. The Kier molecular flexibility index (Phi) is 4.00. The van der Waals surface area contributed by atoms with Gasteiger partial charge < -0.3 is 9.84 Å². The Labute approximate surface area is 101 Å². The minimum atomic E-state index is -0.368. The molecule has 1 unspecified atom stereocenters. The summed E-state index contributed by atoms with van der Waals surface area (Å²) in [5.74, 6) is 0. The molecule has 0 aromatic carbocycles. The summed E-state index contributed by atoms with van der Waals surface area (Å²) < 4.78 is 5.64. The van der Waals surface area contributed by atoms with Crippen molar-refractivity contribution in [2.45, 2.75) is 50.2 Å². The highest BCUT2D eigenvalue weighted by Crippen LogP contribution is 2.35. The van der Waals surface area contributed by atoms with Crippen LogP contribution < -0.4 is 0 Å². The van der Waals surface area contributed by atoms with Gasteiger partial charge in [0.2, 0.25) is 0 Å². The van der Waals surface area contributed by atoms with E-state index in [0.717, 1.165) is 19.3 Å². The van der Waals surface area contributed by atoms with E-state index in [-0.39, 0.29) is 11.7 Å². The highest BCUT2D eigenvalue weighted by atomic mass is 32.1. The number of aliphatic hydroxyl groups is 1. The van der Waals surface area contributed by atoms with Gasteiger partial charge in [0.15, 0.2) is 0 Å². The summed E-state index contributed by atoms with van der Waals surface area (Å²) in [4.78, 5) is 0. The Morgan fingerprint density at radius 3 is 2.75 bits per heavy atom. The molecule has 16 heavy (non-hydrogen) atoms. The predicted octanol–water partition coefficient (Wildman–Crippen LogP) is 3.00. The summed E-state index contributed by atoms with van der Waals surface area (Å²) in [6.45, 7) is 0. The molecule has 0 saturated heterocycles. The van der Waals surface area contributed by atoms with Crippen molar-refractivity contribution in [1.82, 2.24) is 0 Å². The lowest BCUT2D eigenvalue weighted by molar-refractivity contribution is -0.122. The van der Waals surface area contributed by atoms with Crippen LogP contribution in [0.25, 0.3) is 0 Å². The van der Waals surface area contributed by atoms with Crippen LogP contribution in [0, 0.1) is 0 Å². The van der Waals surface area contributed by atoms with Crippen molar-refractivity contribution in [3.63, 3.8) is 0 Å². The molecule has 1 atom stereocenters. The first-order chi connectivity index (χ1) is 7.77. The monoisotopic (exact) mass is 240 g/mol. The van der Waals surface area contributed by atoms with Gasteiger partial charge in [-0.1, -0.05) is 19.3 Å². The highest BCUT2D eigenvalue weighted by Gasteiger charge is 2.38. The maximum absolute atomic E-state index is 10.4. The summed E-state index contributed by atoms with van der Waals surface area (Å²) in [5.41, 5.74) is 0.930. The molecule has 1 aliphatic rings. The predicted molar refractivity (Wildman–Crippen MR) is 66.9 cm³/mol. The smallest absolute Gasteiger partial charge is 0.0939 e. The molecular formula is C13H20O2S. The molecule has 0 radical (unpaired) electrons. The summed E-state index contributed by atoms with van der Waals surface area (Å²) in [6.07, 6.45) is 5.97. The summed E-state index contributed by atoms with van der Waals surface area (Å²) >= 11 is 1.68. The lowest BCUT2D eigenvalue weighted by Crippen LogP contribution is -2.46. The fourth-order valence-corrected chi connectivity index (χ4v) is 3.32. The fourth-order valence-electron chi connectivity index (χ4n) is 2.64. The molecule has 1 heterocycles. The zero-order valence-electron chi connectivity index (χ0n) is 9.82. The van der Waals surface area contributed by atoms with Gasteiger partial charge in [0.05, 0.1) is 11.7 Å². The molecule has 0 spiro atoms. The molecule has 2 rings (SSSR count).